The van der Waals surface area contributed by atoms with Crippen molar-refractivity contribution < 1.29 is 13.9 Å². The Balaban J connectivity index is 1.88. The zero-order chi connectivity index (χ0) is 18.5. The monoisotopic (exact) mass is 354 g/mol. The van der Waals surface area contributed by atoms with E-state index < -0.39 is 0 Å². The summed E-state index contributed by atoms with van der Waals surface area (Å²) in [7, 11) is 1.61. The second kappa shape index (κ2) is 7.86. The molecule has 0 atom stereocenters. The minimum atomic E-state index is -0.103. The standard InChI is InChI=1S/C19H22N4O3/c1-13(2)11-17(24)23-19(20-12-16-5-4-10-26-16)21-18(22-23)14-6-8-15(25-3)9-7-14/h4-10,13H,11-12H2,1-3H3,(H,20,21,22). The number of rotatable bonds is 7. The van der Waals surface area contributed by atoms with Crippen LogP contribution in [0.4, 0.5) is 5.95 Å². The van der Waals surface area contributed by atoms with Crippen molar-refractivity contribution >= 4 is 11.9 Å². The van der Waals surface area contributed by atoms with Crippen LogP contribution in [0, 0.1) is 5.92 Å². The van der Waals surface area contributed by atoms with E-state index >= 15 is 0 Å². The highest BCUT2D eigenvalue weighted by atomic mass is 16.5. The Morgan fingerprint density at radius 3 is 2.65 bits per heavy atom. The molecule has 0 saturated carbocycles. The highest BCUT2D eigenvalue weighted by Crippen LogP contribution is 2.22. The average Bonchev–Trinajstić information content (AvgIpc) is 3.29. The van der Waals surface area contributed by atoms with E-state index in [-0.39, 0.29) is 11.8 Å². The van der Waals surface area contributed by atoms with Crippen LogP contribution in [0.25, 0.3) is 11.4 Å². The summed E-state index contributed by atoms with van der Waals surface area (Å²) in [6.45, 7) is 4.41. The maximum atomic E-state index is 12.6. The molecular formula is C19H22N4O3. The van der Waals surface area contributed by atoms with Gasteiger partial charge in [-0.1, -0.05) is 13.8 Å². The van der Waals surface area contributed by atoms with Crippen molar-refractivity contribution in [1.29, 1.82) is 0 Å². The molecule has 1 N–H and O–H groups in total. The predicted molar refractivity (Wildman–Crippen MR) is 98.1 cm³/mol. The van der Waals surface area contributed by atoms with Crippen LogP contribution in [-0.4, -0.2) is 27.8 Å². The lowest BCUT2D eigenvalue weighted by Crippen LogP contribution is -2.18. The zero-order valence-corrected chi connectivity index (χ0v) is 15.1. The van der Waals surface area contributed by atoms with Crippen molar-refractivity contribution in [1.82, 2.24) is 14.8 Å². The van der Waals surface area contributed by atoms with Gasteiger partial charge < -0.3 is 14.5 Å². The molecule has 0 saturated heterocycles. The minimum absolute atomic E-state index is 0.103. The molecule has 0 unspecified atom stereocenters. The molecule has 0 radical (unpaired) electrons. The van der Waals surface area contributed by atoms with Crippen LogP contribution in [0.15, 0.2) is 47.1 Å². The number of nitrogens with one attached hydrogen (secondary N) is 1. The topological polar surface area (TPSA) is 82.2 Å². The van der Waals surface area contributed by atoms with Crippen LogP contribution in [0.2, 0.25) is 0 Å². The maximum absolute atomic E-state index is 12.6. The summed E-state index contributed by atoms with van der Waals surface area (Å²) in [4.78, 5) is 17.1. The summed E-state index contributed by atoms with van der Waals surface area (Å²) < 4.78 is 11.8. The lowest BCUT2D eigenvalue weighted by molar-refractivity contribution is 0.0873. The van der Waals surface area contributed by atoms with Gasteiger partial charge in [0.25, 0.3) is 0 Å². The molecule has 7 heteroatoms. The first-order valence-electron chi connectivity index (χ1n) is 8.47. The molecule has 0 fully saturated rings. The molecular weight excluding hydrogens is 332 g/mol. The fourth-order valence-corrected chi connectivity index (χ4v) is 2.48. The Labute approximate surface area is 152 Å². The van der Waals surface area contributed by atoms with Gasteiger partial charge in [0, 0.05) is 12.0 Å². The third-order valence-corrected chi connectivity index (χ3v) is 3.78. The van der Waals surface area contributed by atoms with Gasteiger partial charge in [0.05, 0.1) is 19.9 Å². The lowest BCUT2D eigenvalue weighted by atomic mass is 10.1. The number of nitrogens with zero attached hydrogens (tertiary/aromatic N) is 3. The number of ether oxygens (including phenoxy) is 1. The largest absolute Gasteiger partial charge is 0.497 e. The molecule has 0 aliphatic carbocycles. The number of hydrogen-bond donors (Lipinski definition) is 1. The summed E-state index contributed by atoms with van der Waals surface area (Å²) in [5.74, 6) is 2.51. The highest BCUT2D eigenvalue weighted by Gasteiger charge is 2.18. The number of furan rings is 1. The van der Waals surface area contributed by atoms with E-state index in [0.717, 1.165) is 17.1 Å². The number of hydrogen-bond acceptors (Lipinski definition) is 6. The van der Waals surface area contributed by atoms with E-state index in [1.807, 2.05) is 50.2 Å². The van der Waals surface area contributed by atoms with E-state index in [2.05, 4.69) is 15.4 Å². The lowest BCUT2D eigenvalue weighted by Gasteiger charge is -2.07. The molecule has 0 bridgehead atoms. The fourth-order valence-electron chi connectivity index (χ4n) is 2.48. The molecule has 136 valence electrons. The molecule has 0 spiro atoms. The van der Waals surface area contributed by atoms with E-state index in [4.69, 9.17) is 9.15 Å². The van der Waals surface area contributed by atoms with Crippen molar-refractivity contribution in [3.63, 3.8) is 0 Å². The summed E-state index contributed by atoms with van der Waals surface area (Å²) >= 11 is 0. The molecule has 7 nitrogen and oxygen atoms in total. The molecule has 0 amide bonds. The first kappa shape index (κ1) is 17.7. The highest BCUT2D eigenvalue weighted by molar-refractivity contribution is 5.81. The zero-order valence-electron chi connectivity index (χ0n) is 15.1. The van der Waals surface area contributed by atoms with Gasteiger partial charge in [-0.25, -0.2) is 0 Å². The van der Waals surface area contributed by atoms with Crippen LogP contribution in [-0.2, 0) is 6.54 Å². The minimum Gasteiger partial charge on any atom is -0.497 e. The molecule has 3 aromatic rings. The molecule has 0 aliphatic rings. The number of carbonyl (C=O) groups excluding carboxylic acids is 1. The van der Waals surface area contributed by atoms with E-state index in [9.17, 15) is 4.79 Å². The fraction of sp³-hybridized carbons (Fsp3) is 0.316. The van der Waals surface area contributed by atoms with Gasteiger partial charge in [-0.2, -0.15) is 9.67 Å². The van der Waals surface area contributed by atoms with Crippen LogP contribution in [0.5, 0.6) is 5.75 Å². The number of methoxy groups -OCH3 is 1. The van der Waals surface area contributed by atoms with Crippen LogP contribution >= 0.6 is 0 Å². The van der Waals surface area contributed by atoms with E-state index in [1.165, 1.54) is 4.68 Å². The molecule has 1 aromatic carbocycles. The first-order valence-corrected chi connectivity index (χ1v) is 8.47. The second-order valence-electron chi connectivity index (χ2n) is 6.32. The van der Waals surface area contributed by atoms with Gasteiger partial charge in [0.2, 0.25) is 11.9 Å². The van der Waals surface area contributed by atoms with Crippen molar-refractivity contribution in [2.45, 2.75) is 26.8 Å². The van der Waals surface area contributed by atoms with Crippen molar-refractivity contribution in [2.24, 2.45) is 5.92 Å². The summed E-state index contributed by atoms with van der Waals surface area (Å²) in [5, 5.41) is 7.54. The second-order valence-corrected chi connectivity index (χ2v) is 6.32. The van der Waals surface area contributed by atoms with Crippen molar-refractivity contribution in [3.8, 4) is 17.1 Å². The third-order valence-electron chi connectivity index (χ3n) is 3.78. The number of carbonyl (C=O) groups is 1. The summed E-state index contributed by atoms with van der Waals surface area (Å²) in [6, 6.07) is 11.1. The Morgan fingerprint density at radius 2 is 2.04 bits per heavy atom. The normalized spacial score (nSPS) is 10.9. The van der Waals surface area contributed by atoms with Crippen molar-refractivity contribution in [3.05, 3.63) is 48.4 Å². The van der Waals surface area contributed by atoms with Crippen LogP contribution in [0.3, 0.4) is 0 Å². The molecule has 2 heterocycles. The Hall–Kier alpha value is -3.09. The van der Waals surface area contributed by atoms with Crippen LogP contribution < -0.4 is 10.1 Å². The predicted octanol–water partition coefficient (Wildman–Crippen LogP) is 3.85. The quantitative estimate of drug-likeness (QED) is 0.694. The molecule has 0 aliphatic heterocycles. The molecule has 2 aromatic heterocycles. The van der Waals surface area contributed by atoms with Gasteiger partial charge in [-0.15, -0.1) is 5.10 Å². The summed E-state index contributed by atoms with van der Waals surface area (Å²) in [6.07, 6.45) is 2.00. The average molecular weight is 354 g/mol. The Kier molecular flexibility index (Phi) is 5.36. The van der Waals surface area contributed by atoms with Gasteiger partial charge >= 0.3 is 0 Å². The summed E-state index contributed by atoms with van der Waals surface area (Å²) in [5.41, 5.74) is 0.808. The number of aromatic nitrogens is 3. The van der Waals surface area contributed by atoms with Crippen LogP contribution in [0.1, 0.15) is 30.8 Å². The van der Waals surface area contributed by atoms with Gasteiger partial charge in [0.15, 0.2) is 5.82 Å². The number of anilines is 1. The van der Waals surface area contributed by atoms with E-state index in [1.54, 1.807) is 13.4 Å². The first-order chi connectivity index (χ1) is 12.6. The molecule has 3 rings (SSSR count). The Bertz CT molecular complexity index is 852. The van der Waals surface area contributed by atoms with Gasteiger partial charge in [-0.05, 0) is 42.3 Å². The van der Waals surface area contributed by atoms with E-state index in [0.29, 0.717) is 24.7 Å². The SMILES string of the molecule is COc1ccc(-c2nc(NCc3ccco3)n(C(=O)CC(C)C)n2)cc1. The molecule has 26 heavy (non-hydrogen) atoms. The smallest absolute Gasteiger partial charge is 0.250 e. The van der Waals surface area contributed by atoms with Gasteiger partial charge in [-0.3, -0.25) is 4.79 Å². The Morgan fingerprint density at radius 1 is 1.27 bits per heavy atom. The third kappa shape index (κ3) is 4.11. The maximum Gasteiger partial charge on any atom is 0.250 e. The number of benzene rings is 1. The van der Waals surface area contributed by atoms with Crippen molar-refractivity contribution in [2.75, 3.05) is 12.4 Å². The van der Waals surface area contributed by atoms with Gasteiger partial charge in [0.1, 0.15) is 11.5 Å².